The number of rotatable bonds is 14. The van der Waals surface area contributed by atoms with Gasteiger partial charge in [-0.1, -0.05) is 62.6 Å². The fourth-order valence-corrected chi connectivity index (χ4v) is 2.55. The van der Waals surface area contributed by atoms with Gasteiger partial charge < -0.3 is 9.84 Å². The molecule has 0 bridgehead atoms. The number of carbonyl (C=O) groups is 1. The Morgan fingerprint density at radius 2 is 1.57 bits per heavy atom. The summed E-state index contributed by atoms with van der Waals surface area (Å²) in [5.41, 5.74) is 0. The SMILES string of the molecule is CC/C=C/C/C=C/C/C=C/CC1OC1CCCCCCC(=O)O. The third-order valence-electron chi connectivity index (χ3n) is 3.97. The maximum absolute atomic E-state index is 10.4. The van der Waals surface area contributed by atoms with E-state index in [-0.39, 0.29) is 0 Å². The Kier molecular flexibility index (Phi) is 11.2. The van der Waals surface area contributed by atoms with Gasteiger partial charge in [-0.3, -0.25) is 4.79 Å². The minimum atomic E-state index is -0.686. The fourth-order valence-electron chi connectivity index (χ4n) is 2.55. The molecule has 2 atom stereocenters. The van der Waals surface area contributed by atoms with Crippen molar-refractivity contribution in [3.05, 3.63) is 36.5 Å². The van der Waals surface area contributed by atoms with Crippen molar-refractivity contribution in [1.82, 2.24) is 0 Å². The molecule has 0 radical (unpaired) electrons. The zero-order chi connectivity index (χ0) is 16.8. The van der Waals surface area contributed by atoms with Gasteiger partial charge in [-0.25, -0.2) is 0 Å². The third kappa shape index (κ3) is 11.8. The van der Waals surface area contributed by atoms with E-state index < -0.39 is 5.97 Å². The largest absolute Gasteiger partial charge is 0.481 e. The molecule has 0 spiro atoms. The summed E-state index contributed by atoms with van der Waals surface area (Å²) in [6, 6.07) is 0. The number of carboxylic acid groups (broad SMARTS) is 1. The molecule has 23 heavy (non-hydrogen) atoms. The van der Waals surface area contributed by atoms with Crippen LogP contribution in [0.5, 0.6) is 0 Å². The predicted octanol–water partition coefficient (Wildman–Crippen LogP) is 5.43. The summed E-state index contributed by atoms with van der Waals surface area (Å²) in [6.45, 7) is 2.15. The molecule has 1 aliphatic rings. The van der Waals surface area contributed by atoms with Crippen LogP contribution in [-0.2, 0) is 9.53 Å². The third-order valence-corrected chi connectivity index (χ3v) is 3.97. The lowest BCUT2D eigenvalue weighted by Crippen LogP contribution is -1.95. The van der Waals surface area contributed by atoms with Crippen LogP contribution in [0.1, 0.15) is 71.1 Å². The molecule has 130 valence electrons. The number of epoxide rings is 1. The van der Waals surface area contributed by atoms with Crippen molar-refractivity contribution in [2.75, 3.05) is 0 Å². The summed E-state index contributed by atoms with van der Waals surface area (Å²) in [6.07, 6.45) is 23.8. The molecule has 0 saturated carbocycles. The minimum Gasteiger partial charge on any atom is -0.481 e. The van der Waals surface area contributed by atoms with Crippen molar-refractivity contribution in [3.63, 3.8) is 0 Å². The number of hydrogen-bond donors (Lipinski definition) is 1. The molecule has 1 aliphatic heterocycles. The van der Waals surface area contributed by atoms with Gasteiger partial charge in [0.15, 0.2) is 0 Å². The first-order chi connectivity index (χ1) is 11.2. The van der Waals surface area contributed by atoms with Gasteiger partial charge in [-0.05, 0) is 38.5 Å². The van der Waals surface area contributed by atoms with Gasteiger partial charge >= 0.3 is 5.97 Å². The second kappa shape index (κ2) is 13.1. The molecule has 1 saturated heterocycles. The van der Waals surface area contributed by atoms with Crippen LogP contribution in [0.25, 0.3) is 0 Å². The van der Waals surface area contributed by atoms with Crippen molar-refractivity contribution in [2.45, 2.75) is 83.3 Å². The molecular formula is C20H32O3. The van der Waals surface area contributed by atoms with Crippen LogP contribution in [0.4, 0.5) is 0 Å². The zero-order valence-electron chi connectivity index (χ0n) is 14.5. The lowest BCUT2D eigenvalue weighted by Gasteiger charge is -1.97. The van der Waals surface area contributed by atoms with E-state index >= 15 is 0 Å². The Morgan fingerprint density at radius 1 is 0.913 bits per heavy atom. The smallest absolute Gasteiger partial charge is 0.303 e. The number of unbranched alkanes of at least 4 members (excludes halogenated alkanes) is 3. The fraction of sp³-hybridized carbons (Fsp3) is 0.650. The molecule has 2 unspecified atom stereocenters. The molecule has 0 aromatic carbocycles. The van der Waals surface area contributed by atoms with Gasteiger partial charge in [-0.15, -0.1) is 0 Å². The van der Waals surface area contributed by atoms with Crippen LogP contribution < -0.4 is 0 Å². The molecule has 3 heteroatoms. The first-order valence-electron chi connectivity index (χ1n) is 9.06. The van der Waals surface area contributed by atoms with Crippen LogP contribution in [-0.4, -0.2) is 23.3 Å². The molecular weight excluding hydrogens is 288 g/mol. The van der Waals surface area contributed by atoms with E-state index in [0.717, 1.165) is 57.8 Å². The molecule has 0 amide bonds. The Bertz CT molecular complexity index is 396. The van der Waals surface area contributed by atoms with Gasteiger partial charge in [-0.2, -0.15) is 0 Å². The average Bonchev–Trinajstić information content (AvgIpc) is 3.27. The quantitative estimate of drug-likeness (QED) is 0.264. The first-order valence-corrected chi connectivity index (χ1v) is 9.06. The van der Waals surface area contributed by atoms with Gasteiger partial charge in [0.2, 0.25) is 0 Å². The zero-order valence-corrected chi connectivity index (χ0v) is 14.5. The first kappa shape index (κ1) is 19.7. The monoisotopic (exact) mass is 320 g/mol. The highest BCUT2D eigenvalue weighted by Gasteiger charge is 2.36. The number of ether oxygens (including phenoxy) is 1. The van der Waals surface area contributed by atoms with E-state index in [4.69, 9.17) is 9.84 Å². The van der Waals surface area contributed by atoms with Crippen molar-refractivity contribution in [1.29, 1.82) is 0 Å². The molecule has 1 rings (SSSR count). The van der Waals surface area contributed by atoms with Crippen molar-refractivity contribution in [2.24, 2.45) is 0 Å². The van der Waals surface area contributed by atoms with E-state index in [1.54, 1.807) is 0 Å². The maximum atomic E-state index is 10.4. The minimum absolute atomic E-state index is 0.302. The standard InChI is InChI=1S/C20H32O3/c1-2-3-4-5-6-7-8-9-12-15-18-19(23-18)16-13-10-11-14-17-20(21)22/h3-4,6-7,9,12,18-19H,2,5,8,10-11,13-17H2,1H3,(H,21,22)/b4-3+,7-6+,12-9+. The predicted molar refractivity (Wildman–Crippen MR) is 95.6 cm³/mol. The normalized spacial score (nSPS) is 20.9. The summed E-state index contributed by atoms with van der Waals surface area (Å²) in [5, 5.41) is 8.55. The summed E-state index contributed by atoms with van der Waals surface area (Å²) in [5.74, 6) is -0.686. The Balaban J connectivity index is 1.89. The Morgan fingerprint density at radius 3 is 2.26 bits per heavy atom. The van der Waals surface area contributed by atoms with Crippen LogP contribution in [0.3, 0.4) is 0 Å². The number of hydrogen-bond acceptors (Lipinski definition) is 2. The van der Waals surface area contributed by atoms with Gasteiger partial charge in [0.1, 0.15) is 0 Å². The number of allylic oxidation sites excluding steroid dienone is 5. The molecule has 1 N–H and O–H groups in total. The summed E-state index contributed by atoms with van der Waals surface area (Å²) >= 11 is 0. The van der Waals surface area contributed by atoms with Crippen LogP contribution >= 0.6 is 0 Å². The highest BCUT2D eigenvalue weighted by Crippen LogP contribution is 2.30. The van der Waals surface area contributed by atoms with E-state index in [1.165, 1.54) is 0 Å². The molecule has 0 aromatic rings. The molecule has 3 nitrogen and oxygen atoms in total. The summed E-state index contributed by atoms with van der Waals surface area (Å²) in [7, 11) is 0. The highest BCUT2D eigenvalue weighted by atomic mass is 16.6. The van der Waals surface area contributed by atoms with E-state index in [9.17, 15) is 4.79 Å². The van der Waals surface area contributed by atoms with Crippen LogP contribution in [0, 0.1) is 0 Å². The van der Waals surface area contributed by atoms with E-state index in [0.29, 0.717) is 18.6 Å². The topological polar surface area (TPSA) is 49.8 Å². The van der Waals surface area contributed by atoms with Gasteiger partial charge in [0, 0.05) is 6.42 Å². The van der Waals surface area contributed by atoms with Crippen molar-refractivity contribution >= 4 is 5.97 Å². The van der Waals surface area contributed by atoms with E-state index in [1.807, 2.05) is 0 Å². The van der Waals surface area contributed by atoms with Gasteiger partial charge in [0.05, 0.1) is 12.2 Å². The summed E-state index contributed by atoms with van der Waals surface area (Å²) in [4.78, 5) is 10.4. The van der Waals surface area contributed by atoms with E-state index in [2.05, 4.69) is 43.4 Å². The molecule has 1 fully saturated rings. The van der Waals surface area contributed by atoms with Crippen LogP contribution in [0.2, 0.25) is 0 Å². The highest BCUT2D eigenvalue weighted by molar-refractivity contribution is 5.66. The number of carboxylic acids is 1. The molecule has 0 aliphatic carbocycles. The Hall–Kier alpha value is -1.35. The summed E-state index contributed by atoms with van der Waals surface area (Å²) < 4.78 is 5.66. The lowest BCUT2D eigenvalue weighted by molar-refractivity contribution is -0.137. The van der Waals surface area contributed by atoms with Crippen molar-refractivity contribution in [3.8, 4) is 0 Å². The van der Waals surface area contributed by atoms with Crippen LogP contribution in [0.15, 0.2) is 36.5 Å². The lowest BCUT2D eigenvalue weighted by atomic mass is 10.1. The maximum Gasteiger partial charge on any atom is 0.303 e. The van der Waals surface area contributed by atoms with Crippen molar-refractivity contribution < 1.29 is 14.6 Å². The number of aliphatic carboxylic acids is 1. The second-order valence-corrected chi connectivity index (χ2v) is 6.09. The average molecular weight is 320 g/mol. The molecule has 1 heterocycles. The second-order valence-electron chi connectivity index (χ2n) is 6.09. The van der Waals surface area contributed by atoms with Gasteiger partial charge in [0.25, 0.3) is 0 Å². The molecule has 0 aromatic heterocycles. The Labute approximate surface area is 141 Å².